The largest absolute Gasteiger partial charge is 0.497 e. The molecule has 144 valence electrons. The predicted molar refractivity (Wildman–Crippen MR) is 96.4 cm³/mol. The van der Waals surface area contributed by atoms with E-state index in [1.165, 1.54) is 0 Å². The molecule has 1 saturated carbocycles. The monoisotopic (exact) mass is 382 g/mol. The van der Waals surface area contributed by atoms with Gasteiger partial charge in [-0.15, -0.1) is 0 Å². The summed E-state index contributed by atoms with van der Waals surface area (Å²) in [5, 5.41) is 0. The first-order chi connectivity index (χ1) is 12.4. The number of nitrogens with zero attached hydrogens (tertiary/aromatic N) is 1. The Hall–Kier alpha value is -1.64. The molecule has 2 bridgehead atoms. The number of amides is 1. The van der Waals surface area contributed by atoms with Gasteiger partial charge in [0, 0.05) is 25.7 Å². The Morgan fingerprint density at radius 3 is 2.35 bits per heavy atom. The van der Waals surface area contributed by atoms with Crippen molar-refractivity contribution in [2.24, 2.45) is 11.8 Å². The van der Waals surface area contributed by atoms with Crippen LogP contribution in [0.4, 0.5) is 0 Å². The topological polar surface area (TPSA) is 84.9 Å². The zero-order valence-electron chi connectivity index (χ0n) is 15.2. The van der Waals surface area contributed by atoms with Crippen LogP contribution in [0.15, 0.2) is 29.2 Å². The Labute approximate surface area is 154 Å². The lowest BCUT2D eigenvalue weighted by atomic mass is 9.93. The number of carbonyl (C=O) groups is 1. The molecule has 0 spiro atoms. The minimum absolute atomic E-state index is 0.0137. The average molecular weight is 382 g/mol. The van der Waals surface area contributed by atoms with E-state index in [0.29, 0.717) is 25.4 Å². The van der Waals surface area contributed by atoms with Crippen molar-refractivity contribution < 1.29 is 22.7 Å². The van der Waals surface area contributed by atoms with E-state index >= 15 is 0 Å². The zero-order chi connectivity index (χ0) is 18.7. The van der Waals surface area contributed by atoms with Gasteiger partial charge in [-0.25, -0.2) is 13.1 Å². The molecule has 3 rings (SSSR count). The highest BCUT2D eigenvalue weighted by molar-refractivity contribution is 7.89. The van der Waals surface area contributed by atoms with Gasteiger partial charge in [0.1, 0.15) is 12.4 Å². The summed E-state index contributed by atoms with van der Waals surface area (Å²) in [5.74, 6) is 0.894. The van der Waals surface area contributed by atoms with Gasteiger partial charge in [-0.05, 0) is 55.9 Å². The van der Waals surface area contributed by atoms with Crippen LogP contribution in [0.5, 0.6) is 5.75 Å². The number of sulfonamides is 1. The quantitative estimate of drug-likeness (QED) is 0.767. The summed E-state index contributed by atoms with van der Waals surface area (Å²) < 4.78 is 38.6. The molecule has 2 aliphatic rings. The Kier molecular flexibility index (Phi) is 5.84. The van der Waals surface area contributed by atoms with Crippen molar-refractivity contribution in [2.75, 3.05) is 33.4 Å². The Morgan fingerprint density at radius 2 is 1.81 bits per heavy atom. The number of ether oxygens (including phenoxy) is 2. The van der Waals surface area contributed by atoms with Gasteiger partial charge in [-0.2, -0.15) is 0 Å². The number of rotatable bonds is 7. The average Bonchev–Trinajstić information content (AvgIpc) is 2.86. The van der Waals surface area contributed by atoms with Crippen molar-refractivity contribution in [3.05, 3.63) is 24.3 Å². The van der Waals surface area contributed by atoms with Crippen LogP contribution in [0.1, 0.15) is 19.8 Å². The number of benzene rings is 1. The molecule has 1 unspecified atom stereocenters. The van der Waals surface area contributed by atoms with Crippen LogP contribution in [0.25, 0.3) is 0 Å². The van der Waals surface area contributed by atoms with Gasteiger partial charge in [0.2, 0.25) is 15.9 Å². The Bertz CT molecular complexity index is 720. The Balaban J connectivity index is 1.66. The van der Waals surface area contributed by atoms with E-state index in [1.807, 2.05) is 11.8 Å². The normalized spacial score (nSPS) is 25.3. The summed E-state index contributed by atoms with van der Waals surface area (Å²) in [7, 11) is -2.05. The molecule has 1 aromatic rings. The van der Waals surface area contributed by atoms with Crippen molar-refractivity contribution >= 4 is 15.9 Å². The molecule has 0 radical (unpaired) electrons. The number of fused-ring (bicyclic) bond motifs is 2. The highest BCUT2D eigenvalue weighted by Crippen LogP contribution is 2.37. The molecule has 26 heavy (non-hydrogen) atoms. The van der Waals surface area contributed by atoms with Crippen LogP contribution >= 0.6 is 0 Å². The van der Waals surface area contributed by atoms with Crippen LogP contribution < -0.4 is 9.46 Å². The predicted octanol–water partition coefficient (Wildman–Crippen LogP) is 1.25. The molecule has 1 heterocycles. The molecule has 0 aromatic heterocycles. The molecule has 1 saturated heterocycles. The number of nitrogens with one attached hydrogen (secondary N) is 1. The Morgan fingerprint density at radius 1 is 1.19 bits per heavy atom. The van der Waals surface area contributed by atoms with Gasteiger partial charge in [-0.1, -0.05) is 0 Å². The highest BCUT2D eigenvalue weighted by Gasteiger charge is 2.44. The van der Waals surface area contributed by atoms with E-state index in [2.05, 4.69) is 4.72 Å². The van der Waals surface area contributed by atoms with Gasteiger partial charge in [0.25, 0.3) is 0 Å². The zero-order valence-corrected chi connectivity index (χ0v) is 16.0. The van der Waals surface area contributed by atoms with Crippen molar-refractivity contribution in [3.63, 3.8) is 0 Å². The van der Waals surface area contributed by atoms with Gasteiger partial charge in [0.15, 0.2) is 0 Å². The van der Waals surface area contributed by atoms with Gasteiger partial charge < -0.3 is 14.4 Å². The van der Waals surface area contributed by atoms with E-state index < -0.39 is 10.0 Å². The lowest BCUT2D eigenvalue weighted by molar-refractivity contribution is -0.138. The van der Waals surface area contributed by atoms with Gasteiger partial charge in [-0.3, -0.25) is 4.79 Å². The van der Waals surface area contributed by atoms with Crippen LogP contribution in [0.3, 0.4) is 0 Å². The third kappa shape index (κ3) is 4.02. The van der Waals surface area contributed by atoms with Crippen LogP contribution in [0, 0.1) is 11.8 Å². The van der Waals surface area contributed by atoms with E-state index in [0.717, 1.165) is 12.8 Å². The molecule has 7 nitrogen and oxygen atoms in total. The fourth-order valence-corrected chi connectivity index (χ4v) is 5.28. The second-order valence-corrected chi connectivity index (χ2v) is 8.57. The smallest absolute Gasteiger partial charge is 0.248 e. The number of hydrogen-bond donors (Lipinski definition) is 1. The molecule has 1 amide bonds. The summed E-state index contributed by atoms with van der Waals surface area (Å²) >= 11 is 0. The molecular formula is C18H26N2O5S. The van der Waals surface area contributed by atoms with Crippen LogP contribution in [0.2, 0.25) is 0 Å². The lowest BCUT2D eigenvalue weighted by Gasteiger charge is -2.38. The number of methoxy groups -OCH3 is 1. The van der Waals surface area contributed by atoms with Gasteiger partial charge >= 0.3 is 0 Å². The minimum atomic E-state index is -3.60. The SMILES string of the molecule is CCOCC(=O)N1C[C@H]2CC[C@@H](C1)C2NS(=O)(=O)c1ccc(OC)cc1. The molecular weight excluding hydrogens is 356 g/mol. The molecule has 1 aromatic carbocycles. The first-order valence-electron chi connectivity index (χ1n) is 8.96. The summed E-state index contributed by atoms with van der Waals surface area (Å²) in [5.41, 5.74) is 0. The fraction of sp³-hybridized carbons (Fsp3) is 0.611. The van der Waals surface area contributed by atoms with Gasteiger partial charge in [0.05, 0.1) is 12.0 Å². The van der Waals surface area contributed by atoms with Crippen molar-refractivity contribution in [1.29, 1.82) is 0 Å². The van der Waals surface area contributed by atoms with Crippen molar-refractivity contribution in [2.45, 2.75) is 30.7 Å². The first-order valence-corrected chi connectivity index (χ1v) is 10.4. The molecule has 1 aliphatic heterocycles. The summed E-state index contributed by atoms with van der Waals surface area (Å²) in [6.07, 6.45) is 1.86. The second-order valence-electron chi connectivity index (χ2n) is 6.86. The maximum absolute atomic E-state index is 12.7. The van der Waals surface area contributed by atoms with Crippen molar-refractivity contribution in [1.82, 2.24) is 9.62 Å². The third-order valence-corrected chi connectivity index (χ3v) is 6.75. The van der Waals surface area contributed by atoms with E-state index in [4.69, 9.17) is 9.47 Å². The first kappa shape index (κ1) is 19.1. The van der Waals surface area contributed by atoms with Crippen LogP contribution in [-0.2, 0) is 19.6 Å². The van der Waals surface area contributed by atoms with E-state index in [1.54, 1.807) is 31.4 Å². The number of likely N-dealkylation sites (tertiary alicyclic amines) is 1. The molecule has 3 atom stereocenters. The highest BCUT2D eigenvalue weighted by atomic mass is 32.2. The summed E-state index contributed by atoms with van der Waals surface area (Å²) in [6.45, 7) is 3.63. The lowest BCUT2D eigenvalue weighted by Crippen LogP contribution is -2.54. The van der Waals surface area contributed by atoms with E-state index in [9.17, 15) is 13.2 Å². The second kappa shape index (κ2) is 7.94. The molecule has 1 aliphatic carbocycles. The van der Waals surface area contributed by atoms with Crippen molar-refractivity contribution in [3.8, 4) is 5.75 Å². The van der Waals surface area contributed by atoms with Crippen LogP contribution in [-0.4, -0.2) is 58.7 Å². The third-order valence-electron chi connectivity index (χ3n) is 5.28. The summed E-state index contributed by atoms with van der Waals surface area (Å²) in [6, 6.07) is 6.24. The summed E-state index contributed by atoms with van der Waals surface area (Å²) in [4.78, 5) is 14.2. The molecule has 8 heteroatoms. The number of piperidine rings is 1. The minimum Gasteiger partial charge on any atom is -0.497 e. The maximum atomic E-state index is 12.7. The standard InChI is InChI=1S/C18H26N2O5S/c1-3-25-12-17(21)20-10-13-4-5-14(11-20)18(13)19-26(22,23)16-8-6-15(24-2)7-9-16/h6-9,13-14,18-19H,3-5,10-12H2,1-2H3/t13-,14+,18?. The maximum Gasteiger partial charge on any atom is 0.248 e. The fourth-order valence-electron chi connectivity index (χ4n) is 3.90. The number of hydrogen-bond acceptors (Lipinski definition) is 5. The van der Waals surface area contributed by atoms with E-state index in [-0.39, 0.29) is 35.3 Å². The molecule has 2 fully saturated rings. The number of carbonyl (C=O) groups excluding carboxylic acids is 1. The molecule has 1 N–H and O–H groups in total.